The monoisotopic (exact) mass is 387 g/mol. The molecule has 0 saturated heterocycles. The third-order valence-corrected chi connectivity index (χ3v) is 4.04. The van der Waals surface area contributed by atoms with Crippen molar-refractivity contribution in [2.45, 2.75) is 6.92 Å². The summed E-state index contributed by atoms with van der Waals surface area (Å²) in [4.78, 5) is 16.3. The number of rotatable bonds is 4. The van der Waals surface area contributed by atoms with E-state index in [4.69, 9.17) is 16.3 Å². The van der Waals surface area contributed by atoms with Crippen molar-refractivity contribution in [3.63, 3.8) is 0 Å². The van der Waals surface area contributed by atoms with Crippen LogP contribution >= 0.6 is 34.2 Å². The van der Waals surface area contributed by atoms with Crippen LogP contribution in [0, 0.1) is 3.57 Å². The zero-order valence-electron chi connectivity index (χ0n) is 10.2. The van der Waals surface area contributed by atoms with Gasteiger partial charge in [0.25, 0.3) is 0 Å². The summed E-state index contributed by atoms with van der Waals surface area (Å²) < 4.78 is 6.25. The van der Waals surface area contributed by atoms with Crippen LogP contribution in [0.15, 0.2) is 36.7 Å². The number of benzene rings is 1. The van der Waals surface area contributed by atoms with E-state index in [2.05, 4.69) is 27.6 Å². The molecule has 0 aliphatic heterocycles. The second kappa shape index (κ2) is 6.34. The topological polar surface area (TPSA) is 39.2 Å². The van der Waals surface area contributed by atoms with Crippen LogP contribution in [0.5, 0.6) is 5.75 Å². The Hall–Kier alpha value is -1.14. The number of hydrogen-bond donors (Lipinski definition) is 0. The van der Waals surface area contributed by atoms with Crippen molar-refractivity contribution in [2.75, 3.05) is 6.61 Å². The second-order valence-electron chi connectivity index (χ2n) is 3.80. The molecule has 0 unspecified atom stereocenters. The molecule has 3 nitrogen and oxygen atoms in total. The van der Waals surface area contributed by atoms with Gasteiger partial charge in [0, 0.05) is 20.9 Å². The molecule has 0 aliphatic rings. The van der Waals surface area contributed by atoms with Crippen LogP contribution in [0.4, 0.5) is 0 Å². The maximum atomic E-state index is 12.3. The molecule has 0 spiro atoms. The highest BCUT2D eigenvalue weighted by Crippen LogP contribution is 2.22. The molecule has 2 rings (SSSR count). The fourth-order valence-corrected chi connectivity index (χ4v) is 2.11. The van der Waals surface area contributed by atoms with Crippen LogP contribution in [0.1, 0.15) is 22.8 Å². The zero-order valence-corrected chi connectivity index (χ0v) is 13.1. The molecule has 0 saturated carbocycles. The van der Waals surface area contributed by atoms with Crippen molar-refractivity contribution >= 4 is 40.0 Å². The Morgan fingerprint density at radius 1 is 1.32 bits per heavy atom. The van der Waals surface area contributed by atoms with Crippen LogP contribution in [0.3, 0.4) is 0 Å². The molecule has 0 atom stereocenters. The van der Waals surface area contributed by atoms with Crippen LogP contribution in [0.25, 0.3) is 0 Å². The Balaban J connectivity index is 2.32. The highest BCUT2D eigenvalue weighted by Gasteiger charge is 2.12. The summed E-state index contributed by atoms with van der Waals surface area (Å²) in [6.45, 7) is 2.42. The van der Waals surface area contributed by atoms with Crippen LogP contribution in [-0.2, 0) is 0 Å². The Labute approximate surface area is 130 Å². The largest absolute Gasteiger partial charge is 0.492 e. The number of nitrogens with zero attached hydrogens (tertiary/aromatic N) is 1. The predicted molar refractivity (Wildman–Crippen MR) is 83.0 cm³/mol. The Morgan fingerprint density at radius 3 is 2.79 bits per heavy atom. The summed E-state index contributed by atoms with van der Waals surface area (Å²) >= 11 is 8.15. The third kappa shape index (κ3) is 3.45. The van der Waals surface area contributed by atoms with Crippen molar-refractivity contribution in [1.82, 2.24) is 4.98 Å². The van der Waals surface area contributed by atoms with E-state index >= 15 is 0 Å². The van der Waals surface area contributed by atoms with Gasteiger partial charge in [0.15, 0.2) is 5.78 Å². The fraction of sp³-hybridized carbons (Fsp3) is 0.143. The lowest BCUT2D eigenvalue weighted by Crippen LogP contribution is -2.03. The molecule has 1 heterocycles. The standard InChI is InChI=1S/C14H11ClINO2/c1-2-19-11-5-10(7-17-8-11)14(18)9-3-4-13(16)12(15)6-9/h3-8H,2H2,1H3. The molecular weight excluding hydrogens is 377 g/mol. The number of aromatic nitrogens is 1. The van der Waals surface area contributed by atoms with Gasteiger partial charge < -0.3 is 4.74 Å². The maximum Gasteiger partial charge on any atom is 0.194 e. The average Bonchev–Trinajstić information content (AvgIpc) is 2.42. The minimum atomic E-state index is -0.118. The Kier molecular flexibility index (Phi) is 4.76. The van der Waals surface area contributed by atoms with E-state index in [1.165, 1.54) is 6.20 Å². The van der Waals surface area contributed by atoms with E-state index in [-0.39, 0.29) is 5.78 Å². The lowest BCUT2D eigenvalue weighted by atomic mass is 10.1. The summed E-state index contributed by atoms with van der Waals surface area (Å²) in [7, 11) is 0. The summed E-state index contributed by atoms with van der Waals surface area (Å²) in [5.41, 5.74) is 1.03. The molecule has 5 heteroatoms. The van der Waals surface area contributed by atoms with Gasteiger partial charge in [-0.2, -0.15) is 0 Å². The van der Waals surface area contributed by atoms with E-state index in [9.17, 15) is 4.79 Å². The summed E-state index contributed by atoms with van der Waals surface area (Å²) in [6, 6.07) is 6.92. The van der Waals surface area contributed by atoms with E-state index in [0.717, 1.165) is 3.57 Å². The SMILES string of the molecule is CCOc1cncc(C(=O)c2ccc(I)c(Cl)c2)c1. The van der Waals surface area contributed by atoms with Crippen molar-refractivity contribution in [3.8, 4) is 5.75 Å². The van der Waals surface area contributed by atoms with Gasteiger partial charge in [-0.3, -0.25) is 9.78 Å². The summed E-state index contributed by atoms with van der Waals surface area (Å²) in [6.07, 6.45) is 3.11. The van der Waals surface area contributed by atoms with Gasteiger partial charge in [-0.15, -0.1) is 0 Å². The maximum absolute atomic E-state index is 12.3. The third-order valence-electron chi connectivity index (χ3n) is 2.47. The Morgan fingerprint density at radius 2 is 2.11 bits per heavy atom. The highest BCUT2D eigenvalue weighted by atomic mass is 127. The number of ether oxygens (including phenoxy) is 1. The molecule has 2 aromatic rings. The minimum Gasteiger partial charge on any atom is -0.492 e. The number of hydrogen-bond acceptors (Lipinski definition) is 3. The smallest absolute Gasteiger partial charge is 0.194 e. The van der Waals surface area contributed by atoms with Crippen LogP contribution < -0.4 is 4.74 Å². The zero-order chi connectivity index (χ0) is 13.8. The molecule has 0 N–H and O–H groups in total. The first-order chi connectivity index (χ1) is 9.11. The molecule has 0 fully saturated rings. The first kappa shape index (κ1) is 14.3. The number of pyridine rings is 1. The van der Waals surface area contributed by atoms with Crippen molar-refractivity contribution in [2.24, 2.45) is 0 Å². The molecular formula is C14H11ClINO2. The van der Waals surface area contributed by atoms with Gasteiger partial charge in [0.2, 0.25) is 0 Å². The van der Waals surface area contributed by atoms with Gasteiger partial charge in [-0.25, -0.2) is 0 Å². The minimum absolute atomic E-state index is 0.118. The van der Waals surface area contributed by atoms with E-state index < -0.39 is 0 Å². The van der Waals surface area contributed by atoms with Crippen LogP contribution in [0.2, 0.25) is 5.02 Å². The van der Waals surface area contributed by atoms with Gasteiger partial charge in [-0.05, 0) is 53.8 Å². The molecule has 98 valence electrons. The van der Waals surface area contributed by atoms with Crippen molar-refractivity contribution in [1.29, 1.82) is 0 Å². The molecule has 0 amide bonds. The van der Waals surface area contributed by atoms with Crippen LogP contribution in [-0.4, -0.2) is 17.4 Å². The molecule has 0 radical (unpaired) electrons. The quantitative estimate of drug-likeness (QED) is 0.589. The van der Waals surface area contributed by atoms with Gasteiger partial charge >= 0.3 is 0 Å². The van der Waals surface area contributed by atoms with Crippen molar-refractivity contribution < 1.29 is 9.53 Å². The lowest BCUT2D eigenvalue weighted by molar-refractivity contribution is 0.103. The normalized spacial score (nSPS) is 10.3. The predicted octanol–water partition coefficient (Wildman–Crippen LogP) is 3.97. The fourth-order valence-electron chi connectivity index (χ4n) is 1.59. The van der Waals surface area contributed by atoms with Crippen molar-refractivity contribution in [3.05, 3.63) is 56.4 Å². The molecule has 19 heavy (non-hydrogen) atoms. The summed E-state index contributed by atoms with van der Waals surface area (Å²) in [5.74, 6) is 0.470. The number of halogens is 2. The van der Waals surface area contributed by atoms with E-state index in [1.54, 1.807) is 24.4 Å². The van der Waals surface area contributed by atoms with Gasteiger partial charge in [-0.1, -0.05) is 11.6 Å². The van der Waals surface area contributed by atoms with Gasteiger partial charge in [0.05, 0.1) is 17.8 Å². The number of ketones is 1. The first-order valence-electron chi connectivity index (χ1n) is 5.69. The Bertz CT molecular complexity index is 616. The van der Waals surface area contributed by atoms with E-state index in [0.29, 0.717) is 28.5 Å². The first-order valence-corrected chi connectivity index (χ1v) is 7.15. The molecule has 1 aromatic heterocycles. The summed E-state index contributed by atoms with van der Waals surface area (Å²) in [5, 5.41) is 0.570. The molecule has 1 aromatic carbocycles. The number of carbonyl (C=O) groups is 1. The molecule has 0 bridgehead atoms. The second-order valence-corrected chi connectivity index (χ2v) is 5.37. The highest BCUT2D eigenvalue weighted by molar-refractivity contribution is 14.1. The average molecular weight is 388 g/mol. The van der Waals surface area contributed by atoms with E-state index in [1.807, 2.05) is 13.0 Å². The van der Waals surface area contributed by atoms with Gasteiger partial charge in [0.1, 0.15) is 5.75 Å². The lowest BCUT2D eigenvalue weighted by Gasteiger charge is -2.06. The molecule has 0 aliphatic carbocycles. The number of carbonyl (C=O) groups excluding carboxylic acids is 1.